The van der Waals surface area contributed by atoms with Gasteiger partial charge in [0, 0.05) is 13.0 Å². The lowest BCUT2D eigenvalue weighted by atomic mass is 9.97. The molecular formula is C13H14FNO3. The Labute approximate surface area is 104 Å². The van der Waals surface area contributed by atoms with Crippen molar-refractivity contribution >= 4 is 17.6 Å². The highest BCUT2D eigenvalue weighted by molar-refractivity contribution is 5.95. The number of nitrogens with zero attached hydrogens (tertiary/aromatic N) is 1. The number of rotatable bonds is 2. The molecule has 0 radical (unpaired) electrons. The molecule has 4 nitrogen and oxygen atoms in total. The molecule has 1 fully saturated rings. The second-order valence-corrected chi connectivity index (χ2v) is 4.21. The van der Waals surface area contributed by atoms with E-state index in [-0.39, 0.29) is 36.4 Å². The predicted molar refractivity (Wildman–Crippen MR) is 63.5 cm³/mol. The fourth-order valence-corrected chi connectivity index (χ4v) is 2.11. The van der Waals surface area contributed by atoms with E-state index < -0.39 is 5.82 Å². The number of halogens is 1. The van der Waals surface area contributed by atoms with Crippen LogP contribution in [0.4, 0.5) is 10.1 Å². The number of hydrogen-bond donors (Lipinski definition) is 0. The summed E-state index contributed by atoms with van der Waals surface area (Å²) in [4.78, 5) is 24.6. The molecule has 1 amide bonds. The van der Waals surface area contributed by atoms with Crippen LogP contribution >= 0.6 is 0 Å². The number of para-hydroxylation sites is 1. The molecule has 0 spiro atoms. The van der Waals surface area contributed by atoms with E-state index in [0.29, 0.717) is 6.42 Å². The molecule has 0 bridgehead atoms. The molecule has 1 heterocycles. The van der Waals surface area contributed by atoms with Crippen molar-refractivity contribution < 1.29 is 18.7 Å². The van der Waals surface area contributed by atoms with Gasteiger partial charge < -0.3 is 9.64 Å². The second kappa shape index (κ2) is 5.16. The van der Waals surface area contributed by atoms with Crippen molar-refractivity contribution in [2.75, 3.05) is 18.6 Å². The van der Waals surface area contributed by atoms with Crippen LogP contribution in [-0.4, -0.2) is 25.5 Å². The molecule has 0 aromatic heterocycles. The molecule has 1 aliphatic heterocycles. The Balaban J connectivity index is 2.23. The van der Waals surface area contributed by atoms with Crippen molar-refractivity contribution in [1.82, 2.24) is 0 Å². The third-order valence-corrected chi connectivity index (χ3v) is 3.09. The van der Waals surface area contributed by atoms with Crippen LogP contribution in [0.2, 0.25) is 0 Å². The minimum Gasteiger partial charge on any atom is -0.469 e. The normalized spacial score (nSPS) is 19.8. The Kier molecular flexibility index (Phi) is 3.60. The number of benzene rings is 1. The zero-order chi connectivity index (χ0) is 13.1. The number of methoxy groups -OCH3 is 1. The highest BCUT2D eigenvalue weighted by Gasteiger charge is 2.32. The van der Waals surface area contributed by atoms with E-state index >= 15 is 0 Å². The first kappa shape index (κ1) is 12.5. The molecule has 0 saturated carbocycles. The molecule has 1 unspecified atom stereocenters. The first-order valence-electron chi connectivity index (χ1n) is 5.76. The van der Waals surface area contributed by atoms with E-state index in [0.717, 1.165) is 0 Å². The van der Waals surface area contributed by atoms with E-state index in [1.54, 1.807) is 12.1 Å². The van der Waals surface area contributed by atoms with Gasteiger partial charge in [-0.05, 0) is 18.6 Å². The van der Waals surface area contributed by atoms with Crippen LogP contribution in [0.1, 0.15) is 12.8 Å². The lowest BCUT2D eigenvalue weighted by Crippen LogP contribution is -2.43. The number of ether oxygens (including phenoxy) is 1. The monoisotopic (exact) mass is 251 g/mol. The van der Waals surface area contributed by atoms with Gasteiger partial charge in [-0.1, -0.05) is 12.1 Å². The molecule has 0 N–H and O–H groups in total. The fraction of sp³-hybridized carbons (Fsp3) is 0.385. The zero-order valence-electron chi connectivity index (χ0n) is 10.1. The van der Waals surface area contributed by atoms with Gasteiger partial charge in [0.25, 0.3) is 0 Å². The molecule has 5 heteroatoms. The summed E-state index contributed by atoms with van der Waals surface area (Å²) in [5.74, 6) is -1.37. The Bertz CT molecular complexity index is 475. The average Bonchev–Trinajstić information content (AvgIpc) is 2.39. The summed E-state index contributed by atoms with van der Waals surface area (Å²) in [5.41, 5.74) is 0.219. The molecule has 1 aromatic carbocycles. The summed E-state index contributed by atoms with van der Waals surface area (Å²) in [6.45, 7) is 0.173. The molecule has 18 heavy (non-hydrogen) atoms. The Morgan fingerprint density at radius 1 is 1.44 bits per heavy atom. The van der Waals surface area contributed by atoms with E-state index in [1.165, 1.54) is 24.1 Å². The van der Waals surface area contributed by atoms with Crippen LogP contribution in [-0.2, 0) is 14.3 Å². The van der Waals surface area contributed by atoms with Crippen molar-refractivity contribution in [3.63, 3.8) is 0 Å². The number of carbonyl (C=O) groups excluding carboxylic acids is 2. The summed E-state index contributed by atoms with van der Waals surface area (Å²) >= 11 is 0. The van der Waals surface area contributed by atoms with Gasteiger partial charge in [0.05, 0.1) is 18.7 Å². The lowest BCUT2D eigenvalue weighted by molar-refractivity contribution is -0.146. The third kappa shape index (κ3) is 2.34. The van der Waals surface area contributed by atoms with Gasteiger partial charge in [-0.25, -0.2) is 4.39 Å². The second-order valence-electron chi connectivity index (χ2n) is 4.21. The first-order chi connectivity index (χ1) is 8.63. The minimum absolute atomic E-state index is 0.166. The number of hydrogen-bond acceptors (Lipinski definition) is 3. The summed E-state index contributed by atoms with van der Waals surface area (Å²) < 4.78 is 18.3. The maximum absolute atomic E-state index is 13.6. The van der Waals surface area contributed by atoms with Crippen molar-refractivity contribution in [2.45, 2.75) is 12.8 Å². The van der Waals surface area contributed by atoms with Crippen molar-refractivity contribution in [3.05, 3.63) is 30.1 Å². The molecule has 1 aliphatic rings. The summed E-state index contributed by atoms with van der Waals surface area (Å²) in [6.07, 6.45) is 0.685. The SMILES string of the molecule is COC(=O)C1CCC(=O)N(c2ccccc2F)C1. The summed E-state index contributed by atoms with van der Waals surface area (Å²) in [7, 11) is 1.31. The molecule has 1 atom stereocenters. The van der Waals surface area contributed by atoms with Crippen LogP contribution in [0, 0.1) is 11.7 Å². The van der Waals surface area contributed by atoms with Gasteiger partial charge in [-0.2, -0.15) is 0 Å². The van der Waals surface area contributed by atoms with E-state index in [1.807, 2.05) is 0 Å². The summed E-state index contributed by atoms with van der Waals surface area (Å²) in [5, 5.41) is 0. The van der Waals surface area contributed by atoms with E-state index in [4.69, 9.17) is 0 Å². The molecule has 96 valence electrons. The standard InChI is InChI=1S/C13H14FNO3/c1-18-13(17)9-6-7-12(16)15(8-9)11-5-3-2-4-10(11)14/h2-5,9H,6-8H2,1H3. The van der Waals surface area contributed by atoms with Gasteiger partial charge in [0.1, 0.15) is 5.82 Å². The van der Waals surface area contributed by atoms with Crippen LogP contribution in [0.25, 0.3) is 0 Å². The minimum atomic E-state index is -0.462. The van der Waals surface area contributed by atoms with Crippen LogP contribution in [0.5, 0.6) is 0 Å². The molecule has 2 rings (SSSR count). The Morgan fingerprint density at radius 3 is 2.83 bits per heavy atom. The Morgan fingerprint density at radius 2 is 2.17 bits per heavy atom. The quantitative estimate of drug-likeness (QED) is 0.752. The fourth-order valence-electron chi connectivity index (χ4n) is 2.11. The van der Waals surface area contributed by atoms with Gasteiger partial charge in [-0.15, -0.1) is 0 Å². The largest absolute Gasteiger partial charge is 0.469 e. The number of piperidine rings is 1. The topological polar surface area (TPSA) is 46.6 Å². The maximum Gasteiger partial charge on any atom is 0.310 e. The Hall–Kier alpha value is -1.91. The zero-order valence-corrected chi connectivity index (χ0v) is 10.1. The highest BCUT2D eigenvalue weighted by atomic mass is 19.1. The predicted octanol–water partition coefficient (Wildman–Crippen LogP) is 1.74. The summed E-state index contributed by atoms with van der Waals surface area (Å²) in [6, 6.07) is 6.05. The molecule has 0 aliphatic carbocycles. The van der Waals surface area contributed by atoms with Crippen LogP contribution in [0.3, 0.4) is 0 Å². The number of amides is 1. The third-order valence-electron chi connectivity index (χ3n) is 3.09. The van der Waals surface area contributed by atoms with Gasteiger partial charge in [-0.3, -0.25) is 9.59 Å². The van der Waals surface area contributed by atoms with E-state index in [2.05, 4.69) is 4.74 Å². The maximum atomic E-state index is 13.6. The highest BCUT2D eigenvalue weighted by Crippen LogP contribution is 2.26. The number of anilines is 1. The van der Waals surface area contributed by atoms with Gasteiger partial charge >= 0.3 is 5.97 Å². The van der Waals surface area contributed by atoms with Crippen molar-refractivity contribution in [3.8, 4) is 0 Å². The average molecular weight is 251 g/mol. The van der Waals surface area contributed by atoms with E-state index in [9.17, 15) is 14.0 Å². The first-order valence-corrected chi connectivity index (χ1v) is 5.76. The van der Waals surface area contributed by atoms with Gasteiger partial charge in [0.2, 0.25) is 5.91 Å². The number of esters is 1. The molecular weight excluding hydrogens is 237 g/mol. The lowest BCUT2D eigenvalue weighted by Gasteiger charge is -2.31. The van der Waals surface area contributed by atoms with Gasteiger partial charge in [0.15, 0.2) is 0 Å². The molecule has 1 saturated heterocycles. The van der Waals surface area contributed by atoms with Crippen molar-refractivity contribution in [2.24, 2.45) is 5.92 Å². The van der Waals surface area contributed by atoms with Crippen LogP contribution < -0.4 is 4.90 Å². The van der Waals surface area contributed by atoms with Crippen LogP contribution in [0.15, 0.2) is 24.3 Å². The van der Waals surface area contributed by atoms with Crippen molar-refractivity contribution in [1.29, 1.82) is 0 Å². The number of carbonyl (C=O) groups is 2. The smallest absolute Gasteiger partial charge is 0.310 e. The molecule has 1 aromatic rings.